The van der Waals surface area contributed by atoms with Crippen molar-refractivity contribution in [3.63, 3.8) is 0 Å². The molecule has 13 heteroatoms. The number of thioether (sulfide) groups is 1. The average Bonchev–Trinajstić information content (AvgIpc) is 3.24. The van der Waals surface area contributed by atoms with Gasteiger partial charge in [0.15, 0.2) is 28.4 Å². The highest BCUT2D eigenvalue weighted by atomic mass is 32.2. The zero-order valence-corrected chi connectivity index (χ0v) is 18.1. The number of nitrogens with zero attached hydrogens (tertiary/aromatic N) is 4. The van der Waals surface area contributed by atoms with E-state index in [2.05, 4.69) is 15.0 Å². The van der Waals surface area contributed by atoms with Gasteiger partial charge in [-0.25, -0.2) is 19.5 Å². The van der Waals surface area contributed by atoms with Crippen LogP contribution < -0.4 is 5.73 Å². The quantitative estimate of drug-likeness (QED) is 0.381. The summed E-state index contributed by atoms with van der Waals surface area (Å²) in [5.74, 6) is 1.26. The molecule has 0 radical (unpaired) electrons. The van der Waals surface area contributed by atoms with E-state index in [1.165, 1.54) is 11.8 Å². The van der Waals surface area contributed by atoms with Crippen molar-refractivity contribution in [3.8, 4) is 0 Å². The van der Waals surface area contributed by atoms with E-state index in [0.717, 1.165) is 5.56 Å². The number of nitrogen functional groups attached to an aromatic ring is 1. The van der Waals surface area contributed by atoms with E-state index in [0.29, 0.717) is 27.9 Å². The summed E-state index contributed by atoms with van der Waals surface area (Å²) in [4.78, 5) is 22.9. The minimum atomic E-state index is -4.24. The zero-order valence-electron chi connectivity index (χ0n) is 16.4. The van der Waals surface area contributed by atoms with Crippen molar-refractivity contribution < 1.29 is 28.3 Å². The lowest BCUT2D eigenvalue weighted by Crippen LogP contribution is -2.39. The second kappa shape index (κ2) is 7.82. The molecule has 31 heavy (non-hydrogen) atoms. The molecule has 4 heterocycles. The molecule has 2 fully saturated rings. The summed E-state index contributed by atoms with van der Waals surface area (Å²) in [6.45, 7) is 1.52. The Morgan fingerprint density at radius 3 is 2.84 bits per heavy atom. The minimum Gasteiger partial charge on any atom is -0.386 e. The summed E-state index contributed by atoms with van der Waals surface area (Å²) in [7, 11) is -4.24. The van der Waals surface area contributed by atoms with Crippen LogP contribution >= 0.6 is 19.6 Å². The van der Waals surface area contributed by atoms with Crippen LogP contribution in [0.2, 0.25) is 0 Å². The number of benzene rings is 1. The molecule has 164 valence electrons. The predicted molar refractivity (Wildman–Crippen MR) is 111 cm³/mol. The Balaban J connectivity index is 1.55. The number of anilines is 1. The fourth-order valence-corrected chi connectivity index (χ4v) is 5.63. The highest BCUT2D eigenvalue weighted by Gasteiger charge is 2.53. The van der Waals surface area contributed by atoms with E-state index in [9.17, 15) is 14.6 Å². The smallest absolute Gasteiger partial charge is 0.386 e. The first-order chi connectivity index (χ1) is 14.8. The number of aliphatic hydroxyl groups is 1. The molecule has 2 saturated heterocycles. The molecular formula is C18H20N5O6PS. The Morgan fingerprint density at radius 2 is 2.06 bits per heavy atom. The summed E-state index contributed by atoms with van der Waals surface area (Å²) in [5.41, 5.74) is 7.95. The number of fused-ring (bicyclic) bond motifs is 2. The summed E-state index contributed by atoms with van der Waals surface area (Å²) in [5, 5.41) is 11.4. The number of phosphoric ester groups is 1. The number of hydrogen-bond acceptors (Lipinski definition) is 10. The molecule has 5 rings (SSSR count). The molecule has 5 atom stereocenters. The van der Waals surface area contributed by atoms with Gasteiger partial charge in [-0.2, -0.15) is 0 Å². The van der Waals surface area contributed by atoms with Crippen LogP contribution in [0.25, 0.3) is 11.2 Å². The molecule has 0 amide bonds. The van der Waals surface area contributed by atoms with Gasteiger partial charge in [-0.05, 0) is 12.5 Å². The third-order valence-electron chi connectivity index (χ3n) is 5.08. The van der Waals surface area contributed by atoms with Crippen molar-refractivity contribution in [2.24, 2.45) is 0 Å². The van der Waals surface area contributed by atoms with E-state index in [1.54, 1.807) is 11.5 Å². The Labute approximate surface area is 181 Å². The molecule has 2 aliphatic heterocycles. The molecular weight excluding hydrogens is 445 g/mol. The van der Waals surface area contributed by atoms with E-state index >= 15 is 0 Å². The average molecular weight is 465 g/mol. The van der Waals surface area contributed by atoms with Gasteiger partial charge in [0.2, 0.25) is 0 Å². The number of imidazole rings is 1. The minimum absolute atomic E-state index is 0.179. The van der Waals surface area contributed by atoms with Gasteiger partial charge in [0, 0.05) is 5.75 Å². The normalized spacial score (nSPS) is 30.5. The Kier molecular flexibility index (Phi) is 5.25. The summed E-state index contributed by atoms with van der Waals surface area (Å²) >= 11 is 1.42. The molecule has 0 aliphatic carbocycles. The van der Waals surface area contributed by atoms with Crippen molar-refractivity contribution in [2.75, 3.05) is 12.3 Å². The van der Waals surface area contributed by atoms with E-state index in [4.69, 9.17) is 19.5 Å². The third-order valence-corrected chi connectivity index (χ3v) is 7.09. The number of rotatable bonds is 4. The van der Waals surface area contributed by atoms with E-state index in [-0.39, 0.29) is 12.4 Å². The number of nitrogens with two attached hydrogens (primary N) is 1. The molecule has 3 aromatic rings. The largest absolute Gasteiger partial charge is 0.472 e. The monoisotopic (exact) mass is 465 g/mol. The van der Waals surface area contributed by atoms with Crippen molar-refractivity contribution >= 4 is 36.6 Å². The van der Waals surface area contributed by atoms with Crippen molar-refractivity contribution in [1.29, 1.82) is 0 Å². The first kappa shape index (κ1) is 20.8. The number of phosphoric acid groups is 1. The van der Waals surface area contributed by atoms with Crippen molar-refractivity contribution in [2.45, 2.75) is 42.4 Å². The fraction of sp³-hybridized carbons (Fsp3) is 0.389. The molecule has 11 nitrogen and oxygen atoms in total. The highest BCUT2D eigenvalue weighted by molar-refractivity contribution is 7.98. The lowest BCUT2D eigenvalue weighted by Gasteiger charge is -2.27. The molecule has 0 spiro atoms. The zero-order chi connectivity index (χ0) is 21.8. The van der Waals surface area contributed by atoms with Gasteiger partial charge in [-0.1, -0.05) is 42.1 Å². The third kappa shape index (κ3) is 3.85. The Hall–Kier alpha value is -2.05. The lowest BCUT2D eigenvalue weighted by molar-refractivity contribution is -0.0684. The fourth-order valence-electron chi connectivity index (χ4n) is 3.69. The summed E-state index contributed by atoms with van der Waals surface area (Å²) in [6.07, 6.45) is -3.97. The van der Waals surface area contributed by atoms with Crippen LogP contribution in [0.5, 0.6) is 0 Å². The Morgan fingerprint density at radius 1 is 1.29 bits per heavy atom. The molecule has 2 aromatic heterocycles. The van der Waals surface area contributed by atoms with Crippen LogP contribution in [0.1, 0.15) is 17.6 Å². The second-order valence-electron chi connectivity index (χ2n) is 7.26. The van der Waals surface area contributed by atoms with E-state index < -0.39 is 32.4 Å². The van der Waals surface area contributed by atoms with Crippen LogP contribution in [-0.4, -0.2) is 54.4 Å². The Bertz CT molecular complexity index is 1180. The lowest BCUT2D eigenvalue weighted by atomic mass is 10.1. The molecule has 0 bridgehead atoms. The number of hydrogen-bond donors (Lipinski definition) is 3. The van der Waals surface area contributed by atoms with Gasteiger partial charge in [-0.15, -0.1) is 0 Å². The predicted octanol–water partition coefficient (Wildman–Crippen LogP) is 1.78. The maximum atomic E-state index is 11.8. The first-order valence-electron chi connectivity index (χ1n) is 9.50. The van der Waals surface area contributed by atoms with Gasteiger partial charge >= 0.3 is 7.82 Å². The van der Waals surface area contributed by atoms with Gasteiger partial charge in [0.05, 0.1) is 6.61 Å². The summed E-state index contributed by atoms with van der Waals surface area (Å²) < 4.78 is 29.4. The van der Waals surface area contributed by atoms with Crippen molar-refractivity contribution in [3.05, 3.63) is 41.7 Å². The standard InChI is InChI=1S/C18H20N5O6PS/c1-9-20-15(19)12-16(21-9)23(18(22-12)31-8-10-5-3-2-4-6-10)17-13(24)14-11(28-17)7-27-30(25,26)29-14/h2-6,11,13-14,17,24H,7-8H2,1H3,(H,25,26)(H2,19,20,21)/t11-,13-,14-,17-/m1/s1. The van der Waals surface area contributed by atoms with E-state index in [1.807, 2.05) is 30.3 Å². The highest BCUT2D eigenvalue weighted by Crippen LogP contribution is 2.53. The molecule has 0 saturated carbocycles. The maximum Gasteiger partial charge on any atom is 0.472 e. The number of aromatic nitrogens is 4. The molecule has 1 aromatic carbocycles. The SMILES string of the molecule is Cc1nc(N)c2nc(SCc3ccccc3)n([C@@H]3O[C@@H]4COP(=O)(O)O[C@H]4[C@H]3O)c2n1. The second-order valence-corrected chi connectivity index (χ2v) is 9.61. The topological polar surface area (TPSA) is 155 Å². The number of aryl methyl sites for hydroxylation is 1. The first-order valence-corrected chi connectivity index (χ1v) is 12.0. The number of ether oxygens (including phenoxy) is 1. The van der Waals surface area contributed by atoms with Gasteiger partial charge in [-0.3, -0.25) is 13.6 Å². The van der Waals surface area contributed by atoms with Crippen LogP contribution in [0.4, 0.5) is 5.82 Å². The van der Waals surface area contributed by atoms with Crippen molar-refractivity contribution in [1.82, 2.24) is 19.5 Å². The number of aliphatic hydroxyl groups excluding tert-OH is 1. The van der Waals surface area contributed by atoms with Crippen LogP contribution in [0, 0.1) is 6.92 Å². The summed E-state index contributed by atoms with van der Waals surface area (Å²) in [6, 6.07) is 9.83. The molecule has 2 aliphatic rings. The maximum absolute atomic E-state index is 11.8. The van der Waals surface area contributed by atoms with Gasteiger partial charge in [0.25, 0.3) is 0 Å². The van der Waals surface area contributed by atoms with Gasteiger partial charge < -0.3 is 20.5 Å². The van der Waals surface area contributed by atoms with Crippen LogP contribution in [-0.2, 0) is 24.1 Å². The van der Waals surface area contributed by atoms with Crippen LogP contribution in [0.3, 0.4) is 0 Å². The molecule has 4 N–H and O–H groups in total. The molecule has 1 unspecified atom stereocenters. The van der Waals surface area contributed by atoms with Gasteiger partial charge in [0.1, 0.15) is 24.1 Å². The van der Waals surface area contributed by atoms with Crippen LogP contribution in [0.15, 0.2) is 35.5 Å².